The van der Waals surface area contributed by atoms with E-state index in [-0.39, 0.29) is 6.54 Å². The SMILES string of the molecule is [N-]=[N+]=NC[C@@H](O)[C@H]1OC(=O)[C@H](O)[C@@H]1O. The summed E-state index contributed by atoms with van der Waals surface area (Å²) in [6, 6.07) is 0. The molecule has 4 atom stereocenters. The Morgan fingerprint density at radius 3 is 2.71 bits per heavy atom. The van der Waals surface area contributed by atoms with Gasteiger partial charge < -0.3 is 20.1 Å². The third-order valence-corrected chi connectivity index (χ3v) is 1.87. The first kappa shape index (κ1) is 10.7. The Bertz CT molecular complexity index is 277. The van der Waals surface area contributed by atoms with Gasteiger partial charge >= 0.3 is 5.97 Å². The number of azide groups is 1. The first-order chi connectivity index (χ1) is 6.57. The van der Waals surface area contributed by atoms with E-state index in [1.54, 1.807) is 0 Å². The standard InChI is InChI=1S/C6H9N3O5/c7-9-8-1-2(10)5-3(11)4(12)6(13)14-5/h2-5,10-12H,1H2/t2-,3+,4-,5-/m1/s1. The molecule has 0 radical (unpaired) electrons. The van der Waals surface area contributed by atoms with Crippen LogP contribution in [0.2, 0.25) is 0 Å². The van der Waals surface area contributed by atoms with Crippen LogP contribution in [-0.2, 0) is 9.53 Å². The summed E-state index contributed by atoms with van der Waals surface area (Å²) in [5, 5.41) is 30.5. The molecule has 0 amide bonds. The fourth-order valence-electron chi connectivity index (χ4n) is 1.12. The van der Waals surface area contributed by atoms with Gasteiger partial charge in [-0.1, -0.05) is 5.11 Å². The van der Waals surface area contributed by atoms with Crippen molar-refractivity contribution in [1.82, 2.24) is 0 Å². The van der Waals surface area contributed by atoms with Crippen molar-refractivity contribution >= 4 is 5.97 Å². The molecule has 1 aliphatic rings. The number of cyclic esters (lactones) is 1. The summed E-state index contributed by atoms with van der Waals surface area (Å²) in [5.74, 6) is -0.998. The lowest BCUT2D eigenvalue weighted by atomic mass is 10.1. The lowest BCUT2D eigenvalue weighted by Gasteiger charge is -2.17. The minimum Gasteiger partial charge on any atom is -0.455 e. The molecule has 8 nitrogen and oxygen atoms in total. The van der Waals surface area contributed by atoms with Crippen molar-refractivity contribution in [2.75, 3.05) is 6.54 Å². The number of nitrogens with zero attached hydrogens (tertiary/aromatic N) is 3. The van der Waals surface area contributed by atoms with E-state index in [0.29, 0.717) is 0 Å². The Balaban J connectivity index is 2.61. The Labute approximate surface area is 78.3 Å². The van der Waals surface area contributed by atoms with Gasteiger partial charge in [0.05, 0.1) is 12.6 Å². The predicted molar refractivity (Wildman–Crippen MR) is 41.9 cm³/mol. The number of aliphatic hydroxyl groups excluding tert-OH is 3. The molecule has 0 spiro atoms. The summed E-state index contributed by atoms with van der Waals surface area (Å²) in [4.78, 5) is 13.1. The maximum Gasteiger partial charge on any atom is 0.338 e. The number of carbonyl (C=O) groups excluding carboxylic acids is 1. The van der Waals surface area contributed by atoms with Gasteiger partial charge in [0.15, 0.2) is 12.2 Å². The van der Waals surface area contributed by atoms with Gasteiger partial charge in [-0.2, -0.15) is 0 Å². The van der Waals surface area contributed by atoms with Crippen molar-refractivity contribution in [1.29, 1.82) is 0 Å². The minimum absolute atomic E-state index is 0.335. The number of hydrogen-bond donors (Lipinski definition) is 3. The van der Waals surface area contributed by atoms with Crippen molar-refractivity contribution in [3.05, 3.63) is 10.4 Å². The molecule has 0 aromatic rings. The summed E-state index contributed by atoms with van der Waals surface area (Å²) in [6.45, 7) is -0.335. The van der Waals surface area contributed by atoms with Crippen LogP contribution < -0.4 is 0 Å². The first-order valence-electron chi connectivity index (χ1n) is 3.83. The average molecular weight is 203 g/mol. The first-order valence-corrected chi connectivity index (χ1v) is 3.83. The van der Waals surface area contributed by atoms with Crippen LogP contribution in [0, 0.1) is 0 Å². The smallest absolute Gasteiger partial charge is 0.338 e. The Morgan fingerprint density at radius 2 is 2.29 bits per heavy atom. The second-order valence-corrected chi connectivity index (χ2v) is 2.82. The lowest BCUT2D eigenvalue weighted by molar-refractivity contribution is -0.150. The van der Waals surface area contributed by atoms with E-state index in [2.05, 4.69) is 14.8 Å². The van der Waals surface area contributed by atoms with Crippen LogP contribution in [0.15, 0.2) is 5.11 Å². The molecule has 1 heterocycles. The highest BCUT2D eigenvalue weighted by molar-refractivity contribution is 5.77. The van der Waals surface area contributed by atoms with Crippen molar-refractivity contribution in [3.63, 3.8) is 0 Å². The Kier molecular flexibility index (Phi) is 3.26. The topological polar surface area (TPSA) is 136 Å². The van der Waals surface area contributed by atoms with E-state index in [4.69, 9.17) is 10.6 Å². The highest BCUT2D eigenvalue weighted by Gasteiger charge is 2.45. The number of hydrogen-bond acceptors (Lipinski definition) is 6. The predicted octanol–water partition coefficient (Wildman–Crippen LogP) is -1.70. The second-order valence-electron chi connectivity index (χ2n) is 2.82. The van der Waals surface area contributed by atoms with Crippen molar-refractivity contribution in [2.24, 2.45) is 5.11 Å². The van der Waals surface area contributed by atoms with Gasteiger partial charge in [-0.05, 0) is 5.53 Å². The number of carbonyl (C=O) groups is 1. The maximum atomic E-state index is 10.7. The molecule has 0 aromatic carbocycles. The summed E-state index contributed by atoms with van der Waals surface area (Å²) >= 11 is 0. The normalized spacial score (nSPS) is 33.4. The van der Waals surface area contributed by atoms with E-state index in [1.165, 1.54) is 0 Å². The van der Waals surface area contributed by atoms with Gasteiger partial charge in [0, 0.05) is 4.91 Å². The van der Waals surface area contributed by atoms with Gasteiger partial charge in [0.2, 0.25) is 0 Å². The van der Waals surface area contributed by atoms with Crippen LogP contribution in [0.25, 0.3) is 10.4 Å². The summed E-state index contributed by atoms with van der Waals surface area (Å²) in [7, 11) is 0. The third-order valence-electron chi connectivity index (χ3n) is 1.87. The fourth-order valence-corrected chi connectivity index (χ4v) is 1.12. The molecule has 1 rings (SSSR count). The fraction of sp³-hybridized carbons (Fsp3) is 0.833. The van der Waals surface area contributed by atoms with Crippen LogP contribution in [0.1, 0.15) is 0 Å². The number of ether oxygens (including phenoxy) is 1. The van der Waals surface area contributed by atoms with Crippen LogP contribution in [0.3, 0.4) is 0 Å². The van der Waals surface area contributed by atoms with Crippen molar-refractivity contribution in [3.8, 4) is 0 Å². The van der Waals surface area contributed by atoms with E-state index < -0.39 is 30.4 Å². The van der Waals surface area contributed by atoms with Gasteiger partial charge in [0.25, 0.3) is 0 Å². The van der Waals surface area contributed by atoms with Gasteiger partial charge in [-0.25, -0.2) is 4.79 Å². The molecule has 3 N–H and O–H groups in total. The zero-order valence-electron chi connectivity index (χ0n) is 7.02. The molecule has 1 saturated heterocycles. The van der Waals surface area contributed by atoms with E-state index in [0.717, 1.165) is 0 Å². The highest BCUT2D eigenvalue weighted by atomic mass is 16.6. The van der Waals surface area contributed by atoms with Crippen LogP contribution in [-0.4, -0.2) is 52.2 Å². The molecule has 0 aliphatic carbocycles. The van der Waals surface area contributed by atoms with Crippen molar-refractivity contribution in [2.45, 2.75) is 24.4 Å². The van der Waals surface area contributed by atoms with Crippen molar-refractivity contribution < 1.29 is 24.9 Å². The summed E-state index contributed by atoms with van der Waals surface area (Å²) in [6.07, 6.45) is -5.71. The lowest BCUT2D eigenvalue weighted by Crippen LogP contribution is -2.40. The monoisotopic (exact) mass is 203 g/mol. The molecule has 0 saturated carbocycles. The van der Waals surface area contributed by atoms with Crippen LogP contribution in [0.5, 0.6) is 0 Å². The molecule has 0 bridgehead atoms. The molecule has 78 valence electrons. The molecular formula is C6H9N3O5. The Morgan fingerprint density at radius 1 is 1.64 bits per heavy atom. The zero-order chi connectivity index (χ0) is 10.7. The van der Waals surface area contributed by atoms with Gasteiger partial charge in [0.1, 0.15) is 6.10 Å². The number of esters is 1. The molecule has 8 heteroatoms. The largest absolute Gasteiger partial charge is 0.455 e. The second kappa shape index (κ2) is 4.25. The molecule has 14 heavy (non-hydrogen) atoms. The number of rotatable bonds is 3. The van der Waals surface area contributed by atoms with Crippen LogP contribution >= 0.6 is 0 Å². The molecule has 0 unspecified atom stereocenters. The molecular weight excluding hydrogens is 194 g/mol. The maximum absolute atomic E-state index is 10.7. The Hall–Kier alpha value is -1.34. The highest BCUT2D eigenvalue weighted by Crippen LogP contribution is 2.19. The average Bonchev–Trinajstić information content (AvgIpc) is 2.42. The van der Waals surface area contributed by atoms with Gasteiger partial charge in [-0.3, -0.25) is 0 Å². The van der Waals surface area contributed by atoms with Gasteiger partial charge in [-0.15, -0.1) is 0 Å². The van der Waals surface area contributed by atoms with E-state index in [1.807, 2.05) is 0 Å². The summed E-state index contributed by atoms with van der Waals surface area (Å²) in [5.41, 5.74) is 7.96. The third kappa shape index (κ3) is 1.94. The van der Waals surface area contributed by atoms with E-state index in [9.17, 15) is 15.0 Å². The molecule has 0 aromatic heterocycles. The summed E-state index contributed by atoms with van der Waals surface area (Å²) < 4.78 is 4.47. The zero-order valence-corrected chi connectivity index (χ0v) is 7.02. The van der Waals surface area contributed by atoms with Crippen LogP contribution in [0.4, 0.5) is 0 Å². The quantitative estimate of drug-likeness (QED) is 0.217. The van der Waals surface area contributed by atoms with E-state index >= 15 is 0 Å². The molecule has 1 aliphatic heterocycles. The molecule has 1 fully saturated rings. The number of aliphatic hydroxyl groups is 3. The minimum atomic E-state index is -1.65.